The molecule has 0 aromatic heterocycles. The maximum absolute atomic E-state index is 9.33. The quantitative estimate of drug-likeness (QED) is 0.706. The largest absolute Gasteiger partial charge is 0.503 e. The van der Waals surface area contributed by atoms with Crippen molar-refractivity contribution in [2.24, 2.45) is 0 Å². The molecule has 0 saturated carbocycles. The molecule has 0 saturated heterocycles. The molecule has 0 unspecified atom stereocenters. The number of nitrogens with two attached hydrogens (primary N) is 1. The van der Waals surface area contributed by atoms with Gasteiger partial charge >= 0.3 is 0 Å². The van der Waals surface area contributed by atoms with Gasteiger partial charge in [-0.2, -0.15) is 0 Å². The van der Waals surface area contributed by atoms with Gasteiger partial charge < -0.3 is 15.6 Å². The standard InChI is InChI=1S/C7H8BrNO2/c1-11-5-3-2-4(9)6(8)7(5)10/h2-3,10H,9H2,1H3. The highest BCUT2D eigenvalue weighted by molar-refractivity contribution is 9.10. The minimum atomic E-state index is 0.0347. The normalized spacial score (nSPS) is 9.64. The van der Waals surface area contributed by atoms with Gasteiger partial charge in [0.15, 0.2) is 11.5 Å². The molecule has 1 aromatic carbocycles. The second-order valence-electron chi connectivity index (χ2n) is 2.02. The van der Waals surface area contributed by atoms with Gasteiger partial charge in [-0.25, -0.2) is 0 Å². The molecule has 0 spiro atoms. The van der Waals surface area contributed by atoms with Gasteiger partial charge in [0.1, 0.15) is 0 Å². The molecule has 4 heteroatoms. The fraction of sp³-hybridized carbons (Fsp3) is 0.143. The Balaban J connectivity index is 3.25. The second-order valence-corrected chi connectivity index (χ2v) is 2.81. The van der Waals surface area contributed by atoms with Crippen molar-refractivity contribution < 1.29 is 9.84 Å². The van der Waals surface area contributed by atoms with Crippen molar-refractivity contribution in [3.8, 4) is 11.5 Å². The Morgan fingerprint density at radius 1 is 1.55 bits per heavy atom. The molecule has 0 fully saturated rings. The van der Waals surface area contributed by atoms with Crippen molar-refractivity contribution in [1.29, 1.82) is 0 Å². The number of ether oxygens (including phenoxy) is 1. The zero-order valence-electron chi connectivity index (χ0n) is 5.97. The molecule has 0 heterocycles. The molecule has 1 aromatic rings. The number of benzene rings is 1. The van der Waals surface area contributed by atoms with Crippen molar-refractivity contribution >= 4 is 21.6 Å². The van der Waals surface area contributed by atoms with Gasteiger partial charge in [0, 0.05) is 5.69 Å². The summed E-state index contributed by atoms with van der Waals surface area (Å²) in [6.07, 6.45) is 0. The number of hydrogen-bond acceptors (Lipinski definition) is 3. The Morgan fingerprint density at radius 3 is 2.73 bits per heavy atom. The minimum absolute atomic E-state index is 0.0347. The lowest BCUT2D eigenvalue weighted by molar-refractivity contribution is 0.372. The van der Waals surface area contributed by atoms with Crippen LogP contribution in [0.4, 0.5) is 5.69 Å². The lowest BCUT2D eigenvalue weighted by atomic mass is 10.3. The van der Waals surface area contributed by atoms with Crippen LogP contribution in [0.25, 0.3) is 0 Å². The smallest absolute Gasteiger partial charge is 0.174 e. The van der Waals surface area contributed by atoms with E-state index in [-0.39, 0.29) is 5.75 Å². The third kappa shape index (κ3) is 1.40. The van der Waals surface area contributed by atoms with Crippen LogP contribution in [0.5, 0.6) is 11.5 Å². The average Bonchev–Trinajstić information content (AvgIpc) is 2.01. The third-order valence-electron chi connectivity index (χ3n) is 1.33. The molecular weight excluding hydrogens is 210 g/mol. The number of anilines is 1. The third-order valence-corrected chi connectivity index (χ3v) is 2.16. The minimum Gasteiger partial charge on any atom is -0.503 e. The lowest BCUT2D eigenvalue weighted by Crippen LogP contribution is -1.89. The van der Waals surface area contributed by atoms with Gasteiger partial charge in [-0.05, 0) is 28.1 Å². The van der Waals surface area contributed by atoms with Crippen LogP contribution in [-0.4, -0.2) is 12.2 Å². The Labute approximate surface area is 72.9 Å². The van der Waals surface area contributed by atoms with Crippen LogP contribution < -0.4 is 10.5 Å². The molecule has 0 amide bonds. The summed E-state index contributed by atoms with van der Waals surface area (Å²) in [7, 11) is 1.48. The lowest BCUT2D eigenvalue weighted by Gasteiger charge is -2.05. The summed E-state index contributed by atoms with van der Waals surface area (Å²) in [4.78, 5) is 0. The number of phenolic OH excluding ortho intramolecular Hbond substituents is 1. The van der Waals surface area contributed by atoms with Crippen LogP contribution in [0.2, 0.25) is 0 Å². The maximum atomic E-state index is 9.33. The van der Waals surface area contributed by atoms with E-state index < -0.39 is 0 Å². The number of methoxy groups -OCH3 is 1. The van der Waals surface area contributed by atoms with Crippen LogP contribution in [-0.2, 0) is 0 Å². The molecule has 0 radical (unpaired) electrons. The van der Waals surface area contributed by atoms with E-state index in [0.29, 0.717) is 15.9 Å². The molecule has 11 heavy (non-hydrogen) atoms. The monoisotopic (exact) mass is 217 g/mol. The van der Waals surface area contributed by atoms with Crippen molar-refractivity contribution in [3.05, 3.63) is 16.6 Å². The van der Waals surface area contributed by atoms with E-state index in [1.807, 2.05) is 0 Å². The summed E-state index contributed by atoms with van der Waals surface area (Å²) in [6.45, 7) is 0. The highest BCUT2D eigenvalue weighted by Crippen LogP contribution is 2.37. The van der Waals surface area contributed by atoms with Crippen LogP contribution in [0.3, 0.4) is 0 Å². The molecule has 0 aliphatic heterocycles. The zero-order valence-corrected chi connectivity index (χ0v) is 7.55. The van der Waals surface area contributed by atoms with Gasteiger partial charge in [0.25, 0.3) is 0 Å². The highest BCUT2D eigenvalue weighted by atomic mass is 79.9. The summed E-state index contributed by atoms with van der Waals surface area (Å²) in [5.41, 5.74) is 5.97. The molecule has 3 nitrogen and oxygen atoms in total. The van der Waals surface area contributed by atoms with E-state index in [4.69, 9.17) is 10.5 Å². The Morgan fingerprint density at radius 2 is 2.18 bits per heavy atom. The predicted octanol–water partition coefficient (Wildman–Crippen LogP) is 1.75. The Hall–Kier alpha value is -0.900. The van der Waals surface area contributed by atoms with Gasteiger partial charge in [-0.15, -0.1) is 0 Å². The van der Waals surface area contributed by atoms with Crippen LogP contribution in [0.15, 0.2) is 16.6 Å². The molecule has 0 aliphatic rings. The van der Waals surface area contributed by atoms with E-state index in [0.717, 1.165) is 0 Å². The summed E-state index contributed by atoms with van der Waals surface area (Å²) in [6, 6.07) is 3.26. The van der Waals surface area contributed by atoms with Gasteiger partial charge in [0.05, 0.1) is 11.6 Å². The molecule has 60 valence electrons. The van der Waals surface area contributed by atoms with Crippen molar-refractivity contribution in [2.75, 3.05) is 12.8 Å². The first-order valence-corrected chi connectivity index (χ1v) is 3.77. The van der Waals surface area contributed by atoms with Crippen LogP contribution in [0, 0.1) is 0 Å². The topological polar surface area (TPSA) is 55.5 Å². The summed E-state index contributed by atoms with van der Waals surface area (Å²) in [5.74, 6) is 0.443. The van der Waals surface area contributed by atoms with Gasteiger partial charge in [-0.3, -0.25) is 0 Å². The first-order valence-electron chi connectivity index (χ1n) is 2.97. The fourth-order valence-corrected chi connectivity index (χ4v) is 1.05. The number of phenols is 1. The summed E-state index contributed by atoms with van der Waals surface area (Å²) >= 11 is 3.12. The van der Waals surface area contributed by atoms with Crippen molar-refractivity contribution in [3.63, 3.8) is 0 Å². The molecule has 0 bridgehead atoms. The molecular formula is C7H8BrNO2. The zero-order chi connectivity index (χ0) is 8.43. The van der Waals surface area contributed by atoms with E-state index in [9.17, 15) is 5.11 Å². The van der Waals surface area contributed by atoms with E-state index >= 15 is 0 Å². The number of aromatic hydroxyl groups is 1. The van der Waals surface area contributed by atoms with E-state index in [1.165, 1.54) is 7.11 Å². The highest BCUT2D eigenvalue weighted by Gasteiger charge is 2.07. The van der Waals surface area contributed by atoms with Crippen LogP contribution in [0.1, 0.15) is 0 Å². The number of rotatable bonds is 1. The maximum Gasteiger partial charge on any atom is 0.174 e. The number of nitrogen functional groups attached to an aromatic ring is 1. The Kier molecular flexibility index (Phi) is 2.24. The average molecular weight is 218 g/mol. The second kappa shape index (κ2) is 3.00. The first kappa shape index (κ1) is 8.20. The fourth-order valence-electron chi connectivity index (χ4n) is 0.727. The first-order chi connectivity index (χ1) is 5.16. The Bertz CT molecular complexity index is 275. The number of halogens is 1. The molecule has 3 N–H and O–H groups in total. The van der Waals surface area contributed by atoms with Gasteiger partial charge in [-0.1, -0.05) is 0 Å². The van der Waals surface area contributed by atoms with Crippen LogP contribution >= 0.6 is 15.9 Å². The number of hydrogen-bond donors (Lipinski definition) is 2. The van der Waals surface area contributed by atoms with Crippen molar-refractivity contribution in [2.45, 2.75) is 0 Å². The predicted molar refractivity (Wildman–Crippen MR) is 46.8 cm³/mol. The van der Waals surface area contributed by atoms with Crippen molar-refractivity contribution in [1.82, 2.24) is 0 Å². The molecule has 0 atom stereocenters. The molecule has 0 aliphatic carbocycles. The van der Waals surface area contributed by atoms with E-state index in [1.54, 1.807) is 12.1 Å². The SMILES string of the molecule is COc1ccc(N)c(Br)c1O. The van der Waals surface area contributed by atoms with E-state index in [2.05, 4.69) is 15.9 Å². The molecule has 1 rings (SSSR count). The van der Waals surface area contributed by atoms with Gasteiger partial charge in [0.2, 0.25) is 0 Å². The summed E-state index contributed by atoms with van der Waals surface area (Å²) in [5, 5.41) is 9.33. The summed E-state index contributed by atoms with van der Waals surface area (Å²) < 4.78 is 5.31.